The van der Waals surface area contributed by atoms with E-state index in [9.17, 15) is 14.7 Å². The Hall–Kier alpha value is -1.69. The van der Waals surface area contributed by atoms with Crippen molar-refractivity contribution in [2.45, 2.75) is 12.0 Å². The predicted molar refractivity (Wildman–Crippen MR) is 77.2 cm³/mol. The molecule has 3 rings (SSSR count). The molecular weight excluding hydrogens is 298 g/mol. The van der Waals surface area contributed by atoms with Crippen molar-refractivity contribution in [3.05, 3.63) is 51.2 Å². The lowest BCUT2D eigenvalue weighted by atomic mass is 9.89. The number of anilines is 1. The van der Waals surface area contributed by atoms with E-state index in [4.69, 9.17) is 11.6 Å². The fourth-order valence-corrected chi connectivity index (χ4v) is 3.15. The average molecular weight is 308 g/mol. The molecule has 2 aromatic rings. The summed E-state index contributed by atoms with van der Waals surface area (Å²) in [6.07, 6.45) is -0.299. The molecule has 1 aromatic heterocycles. The second-order valence-corrected chi connectivity index (χ2v) is 5.91. The first-order valence-corrected chi connectivity index (χ1v) is 7.17. The minimum Gasteiger partial charge on any atom is -0.375 e. The van der Waals surface area contributed by atoms with Gasteiger partial charge in [0.25, 0.3) is 5.91 Å². The van der Waals surface area contributed by atoms with Gasteiger partial charge in [-0.1, -0.05) is 29.8 Å². The van der Waals surface area contributed by atoms with Crippen LogP contribution in [0.4, 0.5) is 5.69 Å². The lowest BCUT2D eigenvalue weighted by Crippen LogP contribution is -2.36. The van der Waals surface area contributed by atoms with Crippen LogP contribution in [0.3, 0.4) is 0 Å². The van der Waals surface area contributed by atoms with Gasteiger partial charge in [0, 0.05) is 5.56 Å². The lowest BCUT2D eigenvalue weighted by molar-refractivity contribution is -0.133. The Bertz CT molecular complexity index is 698. The van der Waals surface area contributed by atoms with E-state index in [0.717, 1.165) is 0 Å². The van der Waals surface area contributed by atoms with Crippen LogP contribution in [0.25, 0.3) is 0 Å². The largest absolute Gasteiger partial charge is 0.375 e. The monoisotopic (exact) mass is 307 g/mol. The number of nitrogens with one attached hydrogen (secondary N) is 1. The molecule has 1 aliphatic rings. The SMILES string of the molecule is O=C(C[C@@]1(O)C(=O)Nc2c(Cl)cccc21)c1cccs1. The molecule has 0 spiro atoms. The third-order valence-electron chi connectivity index (χ3n) is 3.29. The molecule has 2 N–H and O–H groups in total. The van der Waals surface area contributed by atoms with Crippen LogP contribution in [-0.4, -0.2) is 16.8 Å². The number of carbonyl (C=O) groups excluding carboxylic acids is 2. The summed E-state index contributed by atoms with van der Waals surface area (Å²) in [5, 5.41) is 15.3. The lowest BCUT2D eigenvalue weighted by Gasteiger charge is -2.19. The quantitative estimate of drug-likeness (QED) is 0.857. The van der Waals surface area contributed by atoms with E-state index in [-0.39, 0.29) is 12.2 Å². The van der Waals surface area contributed by atoms with Crippen molar-refractivity contribution in [2.24, 2.45) is 0 Å². The minimum absolute atomic E-state index is 0.273. The molecule has 20 heavy (non-hydrogen) atoms. The molecule has 1 amide bonds. The number of aliphatic hydroxyl groups is 1. The van der Waals surface area contributed by atoms with E-state index in [1.54, 1.807) is 35.7 Å². The van der Waals surface area contributed by atoms with Gasteiger partial charge in [-0.3, -0.25) is 9.59 Å². The zero-order valence-corrected chi connectivity index (χ0v) is 11.8. The molecule has 0 fully saturated rings. The Morgan fingerprint density at radius 3 is 2.85 bits per heavy atom. The maximum absolute atomic E-state index is 12.1. The number of Topliss-reactive ketones (excluding diaryl/α,β-unsaturated/α-hetero) is 1. The highest BCUT2D eigenvalue weighted by Crippen LogP contribution is 2.42. The highest BCUT2D eigenvalue weighted by atomic mass is 35.5. The number of ketones is 1. The van der Waals surface area contributed by atoms with Gasteiger partial charge >= 0.3 is 0 Å². The maximum Gasteiger partial charge on any atom is 0.261 e. The highest BCUT2D eigenvalue weighted by Gasteiger charge is 2.47. The molecule has 6 heteroatoms. The number of rotatable bonds is 3. The fraction of sp³-hybridized carbons (Fsp3) is 0.143. The van der Waals surface area contributed by atoms with E-state index in [1.807, 2.05) is 0 Å². The van der Waals surface area contributed by atoms with Crippen LogP contribution in [0, 0.1) is 0 Å². The topological polar surface area (TPSA) is 66.4 Å². The smallest absolute Gasteiger partial charge is 0.261 e. The summed E-state index contributed by atoms with van der Waals surface area (Å²) in [5.74, 6) is -0.893. The van der Waals surface area contributed by atoms with Crippen LogP contribution < -0.4 is 5.32 Å². The van der Waals surface area contributed by atoms with Crippen molar-refractivity contribution < 1.29 is 14.7 Å². The number of amides is 1. The molecule has 1 atom stereocenters. The van der Waals surface area contributed by atoms with Gasteiger partial charge in [0.2, 0.25) is 0 Å². The van der Waals surface area contributed by atoms with Gasteiger partial charge in [0.1, 0.15) is 0 Å². The first-order valence-electron chi connectivity index (χ1n) is 5.92. The number of halogens is 1. The summed E-state index contributed by atoms with van der Waals surface area (Å²) in [5.41, 5.74) is -1.14. The summed E-state index contributed by atoms with van der Waals surface area (Å²) in [4.78, 5) is 24.7. The minimum atomic E-state index is -1.86. The zero-order valence-electron chi connectivity index (χ0n) is 10.2. The molecule has 0 aliphatic carbocycles. The molecule has 102 valence electrons. The van der Waals surface area contributed by atoms with Gasteiger partial charge in [0.05, 0.1) is 22.0 Å². The molecular formula is C14H10ClNO3S. The van der Waals surface area contributed by atoms with Crippen molar-refractivity contribution in [2.75, 3.05) is 5.32 Å². The third kappa shape index (κ3) is 1.95. The summed E-state index contributed by atoms with van der Waals surface area (Å²) in [6, 6.07) is 8.28. The zero-order chi connectivity index (χ0) is 14.3. The highest BCUT2D eigenvalue weighted by molar-refractivity contribution is 7.12. The molecule has 4 nitrogen and oxygen atoms in total. The van der Waals surface area contributed by atoms with Crippen LogP contribution in [0.5, 0.6) is 0 Å². The van der Waals surface area contributed by atoms with Crippen LogP contribution in [0.1, 0.15) is 21.7 Å². The molecule has 0 saturated carbocycles. The molecule has 1 aliphatic heterocycles. The summed E-state index contributed by atoms with van der Waals surface area (Å²) in [6.45, 7) is 0. The number of hydrogen-bond acceptors (Lipinski definition) is 4. The standard InChI is InChI=1S/C14H10ClNO3S/c15-9-4-1-3-8-12(9)16-13(18)14(8,19)7-10(17)11-5-2-6-20-11/h1-6,19H,7H2,(H,16,18)/t14-/m0/s1. The van der Waals surface area contributed by atoms with E-state index >= 15 is 0 Å². The second kappa shape index (κ2) is 4.70. The number of thiophene rings is 1. The van der Waals surface area contributed by atoms with E-state index < -0.39 is 11.5 Å². The van der Waals surface area contributed by atoms with Crippen molar-refractivity contribution in [3.8, 4) is 0 Å². The van der Waals surface area contributed by atoms with E-state index in [0.29, 0.717) is 21.2 Å². The number of benzene rings is 1. The third-order valence-corrected chi connectivity index (χ3v) is 4.51. The number of carbonyl (C=O) groups is 2. The molecule has 0 radical (unpaired) electrons. The Morgan fingerprint density at radius 2 is 2.15 bits per heavy atom. The Morgan fingerprint density at radius 1 is 1.35 bits per heavy atom. The molecule has 0 bridgehead atoms. The predicted octanol–water partition coefficient (Wildman–Crippen LogP) is 2.81. The second-order valence-electron chi connectivity index (χ2n) is 4.55. The molecule has 1 aromatic carbocycles. The van der Waals surface area contributed by atoms with Gasteiger partial charge < -0.3 is 10.4 Å². The summed E-state index contributed by atoms with van der Waals surface area (Å²) in [7, 11) is 0. The summed E-state index contributed by atoms with van der Waals surface area (Å²) < 4.78 is 0. The van der Waals surface area contributed by atoms with Gasteiger partial charge in [-0.05, 0) is 17.5 Å². The normalized spacial score (nSPS) is 20.6. The Balaban J connectivity index is 1.99. The van der Waals surface area contributed by atoms with Crippen LogP contribution in [-0.2, 0) is 10.4 Å². The summed E-state index contributed by atoms with van der Waals surface area (Å²) >= 11 is 7.27. The maximum atomic E-state index is 12.1. The molecule has 2 heterocycles. The average Bonchev–Trinajstić information content (AvgIpc) is 3.01. The van der Waals surface area contributed by atoms with Crippen LogP contribution >= 0.6 is 22.9 Å². The van der Waals surface area contributed by atoms with Crippen LogP contribution in [0.2, 0.25) is 5.02 Å². The first-order chi connectivity index (χ1) is 9.52. The van der Waals surface area contributed by atoms with Crippen molar-refractivity contribution in [1.29, 1.82) is 0 Å². The van der Waals surface area contributed by atoms with Crippen molar-refractivity contribution >= 4 is 40.3 Å². The van der Waals surface area contributed by atoms with E-state index in [1.165, 1.54) is 11.3 Å². The van der Waals surface area contributed by atoms with Crippen molar-refractivity contribution in [3.63, 3.8) is 0 Å². The van der Waals surface area contributed by atoms with Gasteiger partial charge in [-0.2, -0.15) is 0 Å². The van der Waals surface area contributed by atoms with E-state index in [2.05, 4.69) is 5.32 Å². The van der Waals surface area contributed by atoms with Crippen molar-refractivity contribution in [1.82, 2.24) is 0 Å². The Labute approximate surface area is 124 Å². The number of hydrogen-bond donors (Lipinski definition) is 2. The van der Waals surface area contributed by atoms with Gasteiger partial charge in [-0.25, -0.2) is 0 Å². The first kappa shape index (κ1) is 13.3. The number of para-hydroxylation sites is 1. The Kier molecular flexibility index (Phi) is 3.12. The van der Waals surface area contributed by atoms with Gasteiger partial charge in [0.15, 0.2) is 11.4 Å². The fourth-order valence-electron chi connectivity index (χ4n) is 2.27. The van der Waals surface area contributed by atoms with Gasteiger partial charge in [-0.15, -0.1) is 11.3 Å². The molecule has 0 saturated heterocycles. The molecule has 0 unspecified atom stereocenters. The number of fused-ring (bicyclic) bond motifs is 1. The van der Waals surface area contributed by atoms with Crippen LogP contribution in [0.15, 0.2) is 35.7 Å².